The Hall–Kier alpha value is -2.21. The fraction of sp³-hybridized carbons (Fsp3) is 0.235. The minimum absolute atomic E-state index is 0.0366. The fourth-order valence-electron chi connectivity index (χ4n) is 2.18. The van der Waals surface area contributed by atoms with Gasteiger partial charge in [0.05, 0.1) is 31.3 Å². The van der Waals surface area contributed by atoms with Gasteiger partial charge >= 0.3 is 0 Å². The lowest BCUT2D eigenvalue weighted by Gasteiger charge is -2.24. The van der Waals surface area contributed by atoms with Crippen LogP contribution in [0.4, 0.5) is 11.4 Å². The highest BCUT2D eigenvalue weighted by Gasteiger charge is 2.23. The molecule has 0 amide bonds. The van der Waals surface area contributed by atoms with E-state index in [4.69, 9.17) is 9.47 Å². The number of ether oxygens (including phenoxy) is 2. The van der Waals surface area contributed by atoms with Gasteiger partial charge in [-0.1, -0.05) is 6.92 Å². The molecule has 0 fully saturated rings. The van der Waals surface area contributed by atoms with Crippen molar-refractivity contribution in [3.8, 4) is 11.5 Å². The predicted octanol–water partition coefficient (Wildman–Crippen LogP) is 3.40. The first-order valence-electron chi connectivity index (χ1n) is 7.12. The van der Waals surface area contributed by atoms with Gasteiger partial charge < -0.3 is 9.47 Å². The lowest BCUT2D eigenvalue weighted by molar-refractivity contribution is 0.415. The molecule has 2 aromatic rings. The van der Waals surface area contributed by atoms with E-state index in [9.17, 15) is 8.42 Å². The summed E-state index contributed by atoms with van der Waals surface area (Å²) in [5.41, 5.74) is 1.09. The summed E-state index contributed by atoms with van der Waals surface area (Å²) in [4.78, 5) is 0. The van der Waals surface area contributed by atoms with Gasteiger partial charge in [0.1, 0.15) is 11.5 Å². The predicted molar refractivity (Wildman–Crippen MR) is 91.9 cm³/mol. The highest BCUT2D eigenvalue weighted by molar-refractivity contribution is 7.93. The van der Waals surface area contributed by atoms with E-state index in [1.807, 2.05) is 0 Å². The zero-order chi connectivity index (χ0) is 16.9. The molecule has 0 aromatic heterocycles. The van der Waals surface area contributed by atoms with Crippen LogP contribution in [0, 0.1) is 6.92 Å². The Morgan fingerprint density at radius 2 is 1.26 bits per heavy atom. The average molecular weight is 334 g/mol. The van der Waals surface area contributed by atoms with Gasteiger partial charge in [0.2, 0.25) is 10.0 Å². The Bertz CT molecular complexity index is 677. The molecule has 2 rings (SSSR count). The summed E-state index contributed by atoms with van der Waals surface area (Å²) in [6, 6.07) is 13.8. The van der Waals surface area contributed by atoms with E-state index in [1.165, 1.54) is 4.31 Å². The van der Waals surface area contributed by atoms with Crippen LogP contribution in [0.5, 0.6) is 11.5 Å². The molecule has 0 heterocycles. The van der Waals surface area contributed by atoms with Crippen LogP contribution in [0.3, 0.4) is 0 Å². The third kappa shape index (κ3) is 3.96. The van der Waals surface area contributed by atoms with Crippen molar-refractivity contribution in [1.29, 1.82) is 0 Å². The average Bonchev–Trinajstić information content (AvgIpc) is 2.56. The lowest BCUT2D eigenvalue weighted by atomic mass is 10.2. The van der Waals surface area contributed by atoms with E-state index in [2.05, 4.69) is 6.92 Å². The van der Waals surface area contributed by atoms with Gasteiger partial charge in [-0.3, -0.25) is 0 Å². The summed E-state index contributed by atoms with van der Waals surface area (Å²) in [5, 5.41) is 0. The molecule has 0 N–H and O–H groups in total. The van der Waals surface area contributed by atoms with Gasteiger partial charge in [0.15, 0.2) is 0 Å². The Labute approximate surface area is 137 Å². The lowest BCUT2D eigenvalue weighted by Crippen LogP contribution is -2.28. The molecule has 0 unspecified atom stereocenters. The monoisotopic (exact) mass is 334 g/mol. The van der Waals surface area contributed by atoms with Gasteiger partial charge in [0, 0.05) is 0 Å². The third-order valence-electron chi connectivity index (χ3n) is 3.29. The summed E-state index contributed by atoms with van der Waals surface area (Å²) in [6.45, 7) is 3.65. The second kappa shape index (κ2) is 7.37. The normalized spacial score (nSPS) is 11.1. The molecule has 0 aliphatic rings. The Morgan fingerprint density at radius 3 is 1.57 bits per heavy atom. The third-order valence-corrected chi connectivity index (χ3v) is 5.08. The second-order valence-corrected chi connectivity index (χ2v) is 6.77. The van der Waals surface area contributed by atoms with Gasteiger partial charge in [-0.2, -0.15) is 0 Å². The molecule has 1 radical (unpaired) electrons. The van der Waals surface area contributed by atoms with E-state index in [0.717, 1.165) is 0 Å². The number of sulfonamides is 1. The molecule has 123 valence electrons. The van der Waals surface area contributed by atoms with Crippen molar-refractivity contribution in [3.05, 3.63) is 55.5 Å². The molecule has 6 heteroatoms. The maximum atomic E-state index is 12.7. The number of methoxy groups -OCH3 is 2. The number of hydrogen-bond acceptors (Lipinski definition) is 4. The maximum Gasteiger partial charge on any atom is 0.239 e. The summed E-state index contributed by atoms with van der Waals surface area (Å²) in [7, 11) is -0.398. The smallest absolute Gasteiger partial charge is 0.239 e. The first kappa shape index (κ1) is 17.1. The topological polar surface area (TPSA) is 55.8 Å². The van der Waals surface area contributed by atoms with Crippen LogP contribution in [0.1, 0.15) is 6.42 Å². The maximum absolute atomic E-state index is 12.7. The minimum atomic E-state index is -3.53. The van der Waals surface area contributed by atoms with Crippen LogP contribution in [0.15, 0.2) is 48.5 Å². The SMILES string of the molecule is [CH2]CCS(=O)(=O)N(c1ccc(OC)cc1)c1ccc(OC)cc1. The minimum Gasteiger partial charge on any atom is -0.497 e. The zero-order valence-corrected chi connectivity index (χ0v) is 14.0. The van der Waals surface area contributed by atoms with E-state index < -0.39 is 10.0 Å². The van der Waals surface area contributed by atoms with Gasteiger partial charge in [-0.25, -0.2) is 12.7 Å². The molecule has 0 bridgehead atoms. The molecule has 0 aliphatic heterocycles. The van der Waals surface area contributed by atoms with Crippen molar-refractivity contribution in [1.82, 2.24) is 0 Å². The van der Waals surface area contributed by atoms with Crippen molar-refractivity contribution >= 4 is 21.4 Å². The summed E-state index contributed by atoms with van der Waals surface area (Å²) in [5.74, 6) is 1.29. The summed E-state index contributed by atoms with van der Waals surface area (Å²) in [6.07, 6.45) is 0.297. The number of hydrogen-bond donors (Lipinski definition) is 0. The van der Waals surface area contributed by atoms with Gasteiger partial charge in [-0.15, -0.1) is 0 Å². The van der Waals surface area contributed by atoms with Crippen LogP contribution >= 0.6 is 0 Å². The Kier molecular flexibility index (Phi) is 5.50. The van der Waals surface area contributed by atoms with Crippen molar-refractivity contribution in [2.75, 3.05) is 24.3 Å². The summed E-state index contributed by atoms with van der Waals surface area (Å²) < 4.78 is 36.9. The first-order valence-corrected chi connectivity index (χ1v) is 8.73. The van der Waals surface area contributed by atoms with Crippen LogP contribution < -0.4 is 13.8 Å². The van der Waals surface area contributed by atoms with Crippen molar-refractivity contribution in [3.63, 3.8) is 0 Å². The molecule has 0 atom stereocenters. The van der Waals surface area contributed by atoms with Gasteiger partial charge in [-0.05, 0) is 55.0 Å². The summed E-state index contributed by atoms with van der Waals surface area (Å²) >= 11 is 0. The standard InChI is InChI=1S/C17H20NO4S/c1-4-13-23(19,20)18(14-5-9-16(21-2)10-6-14)15-7-11-17(22-3)12-8-15/h5-12H,1,4,13H2,2-3H3. The quantitative estimate of drug-likeness (QED) is 0.779. The fourth-order valence-corrected chi connectivity index (χ4v) is 3.61. The highest BCUT2D eigenvalue weighted by atomic mass is 32.2. The zero-order valence-electron chi connectivity index (χ0n) is 13.2. The van der Waals surface area contributed by atoms with E-state index in [1.54, 1.807) is 62.8 Å². The van der Waals surface area contributed by atoms with Crippen molar-refractivity contribution in [2.24, 2.45) is 0 Å². The van der Waals surface area contributed by atoms with Crippen LogP contribution in [-0.4, -0.2) is 28.4 Å². The highest BCUT2D eigenvalue weighted by Crippen LogP contribution is 2.31. The number of nitrogens with zero attached hydrogens (tertiary/aromatic N) is 1. The largest absolute Gasteiger partial charge is 0.497 e. The van der Waals surface area contributed by atoms with Crippen LogP contribution in [0.25, 0.3) is 0 Å². The molecular weight excluding hydrogens is 314 g/mol. The van der Waals surface area contributed by atoms with Crippen LogP contribution in [0.2, 0.25) is 0 Å². The van der Waals surface area contributed by atoms with E-state index in [-0.39, 0.29) is 5.75 Å². The molecule has 0 saturated carbocycles. The van der Waals surface area contributed by atoms with Crippen molar-refractivity contribution in [2.45, 2.75) is 6.42 Å². The van der Waals surface area contributed by atoms with Crippen LogP contribution in [-0.2, 0) is 10.0 Å². The Balaban J connectivity index is 2.49. The molecule has 0 saturated heterocycles. The Morgan fingerprint density at radius 1 is 0.870 bits per heavy atom. The van der Waals surface area contributed by atoms with Gasteiger partial charge in [0.25, 0.3) is 0 Å². The first-order chi connectivity index (χ1) is 11.0. The van der Waals surface area contributed by atoms with E-state index >= 15 is 0 Å². The number of benzene rings is 2. The molecule has 0 spiro atoms. The molecule has 5 nitrogen and oxygen atoms in total. The molecular formula is C17H20NO4S. The van der Waals surface area contributed by atoms with E-state index in [0.29, 0.717) is 29.3 Å². The molecule has 23 heavy (non-hydrogen) atoms. The van der Waals surface area contributed by atoms with Crippen molar-refractivity contribution < 1.29 is 17.9 Å². The number of anilines is 2. The molecule has 2 aromatic carbocycles. The second-order valence-electron chi connectivity index (χ2n) is 4.83. The number of rotatable bonds is 7. The molecule has 0 aliphatic carbocycles.